The molecule has 5 heteroatoms. The first-order chi connectivity index (χ1) is 9.71. The van der Waals surface area contributed by atoms with Crippen LogP contribution in [-0.2, 0) is 16.0 Å². The van der Waals surface area contributed by atoms with Gasteiger partial charge in [-0.05, 0) is 26.0 Å². The minimum Gasteiger partial charge on any atom is -0.383 e. The van der Waals surface area contributed by atoms with Crippen LogP contribution in [0.25, 0.3) is 0 Å². The lowest BCUT2D eigenvalue weighted by molar-refractivity contribution is 0.0698. The Kier molecular flexibility index (Phi) is 8.18. The predicted molar refractivity (Wildman–Crippen MR) is 82.0 cm³/mol. The normalized spacial score (nSPS) is 12.7. The van der Waals surface area contributed by atoms with Crippen molar-refractivity contribution in [1.82, 2.24) is 9.88 Å². The van der Waals surface area contributed by atoms with Gasteiger partial charge in [0, 0.05) is 39.9 Å². The van der Waals surface area contributed by atoms with Gasteiger partial charge in [-0.15, -0.1) is 0 Å². The molecule has 0 saturated carbocycles. The molecule has 1 N–H and O–H groups in total. The highest BCUT2D eigenvalue weighted by atomic mass is 16.5. The number of hydrogen-bond acceptors (Lipinski definition) is 5. The third kappa shape index (κ3) is 5.86. The van der Waals surface area contributed by atoms with E-state index in [9.17, 15) is 0 Å². The van der Waals surface area contributed by atoms with Crippen LogP contribution in [0, 0.1) is 0 Å². The summed E-state index contributed by atoms with van der Waals surface area (Å²) in [5.41, 5.74) is 1.06. The van der Waals surface area contributed by atoms with Crippen LogP contribution in [0.15, 0.2) is 18.2 Å². The van der Waals surface area contributed by atoms with Crippen molar-refractivity contribution >= 4 is 5.82 Å². The Morgan fingerprint density at radius 1 is 1.30 bits per heavy atom. The fraction of sp³-hybridized carbons (Fsp3) is 0.667. The van der Waals surface area contributed by atoms with Gasteiger partial charge in [0.15, 0.2) is 0 Å². The molecule has 1 aromatic heterocycles. The molecule has 5 nitrogen and oxygen atoms in total. The summed E-state index contributed by atoms with van der Waals surface area (Å²) < 4.78 is 10.4. The Labute approximate surface area is 122 Å². The predicted octanol–water partition coefficient (Wildman–Crippen LogP) is 2.00. The Morgan fingerprint density at radius 3 is 2.75 bits per heavy atom. The molecule has 0 aliphatic heterocycles. The third-order valence-corrected chi connectivity index (χ3v) is 3.14. The molecule has 1 rings (SSSR count). The van der Waals surface area contributed by atoms with Gasteiger partial charge in [-0.2, -0.15) is 0 Å². The lowest BCUT2D eigenvalue weighted by Crippen LogP contribution is -2.38. The van der Waals surface area contributed by atoms with E-state index in [1.807, 2.05) is 12.1 Å². The van der Waals surface area contributed by atoms with E-state index in [2.05, 4.69) is 35.1 Å². The SMILES string of the molecule is CCNc1cccc(CN(CCOC)C(C)COC)n1. The number of methoxy groups -OCH3 is 2. The van der Waals surface area contributed by atoms with Crippen molar-refractivity contribution in [1.29, 1.82) is 0 Å². The molecule has 1 unspecified atom stereocenters. The molecular weight excluding hydrogens is 254 g/mol. The Balaban J connectivity index is 2.69. The number of anilines is 1. The zero-order valence-electron chi connectivity index (χ0n) is 13.1. The fourth-order valence-electron chi connectivity index (χ4n) is 2.07. The second-order valence-corrected chi connectivity index (χ2v) is 4.81. The third-order valence-electron chi connectivity index (χ3n) is 3.14. The smallest absolute Gasteiger partial charge is 0.126 e. The summed E-state index contributed by atoms with van der Waals surface area (Å²) in [6, 6.07) is 6.42. The highest BCUT2D eigenvalue weighted by molar-refractivity contribution is 5.34. The molecular formula is C15H27N3O2. The van der Waals surface area contributed by atoms with E-state index in [0.29, 0.717) is 19.3 Å². The molecule has 0 aliphatic carbocycles. The van der Waals surface area contributed by atoms with Gasteiger partial charge in [0.05, 0.1) is 18.9 Å². The number of rotatable bonds is 10. The lowest BCUT2D eigenvalue weighted by Gasteiger charge is -2.28. The van der Waals surface area contributed by atoms with Gasteiger partial charge >= 0.3 is 0 Å². The standard InChI is InChI=1S/C15H27N3O2/c1-5-16-15-8-6-7-14(17-15)11-18(9-10-19-3)13(2)12-20-4/h6-8,13H,5,9-12H2,1-4H3,(H,16,17). The molecule has 0 saturated heterocycles. The molecule has 20 heavy (non-hydrogen) atoms. The summed E-state index contributed by atoms with van der Waals surface area (Å²) >= 11 is 0. The number of pyridine rings is 1. The van der Waals surface area contributed by atoms with Gasteiger partial charge in [0.1, 0.15) is 5.82 Å². The number of ether oxygens (including phenoxy) is 2. The summed E-state index contributed by atoms with van der Waals surface area (Å²) in [5.74, 6) is 0.927. The molecule has 0 spiro atoms. The first-order valence-corrected chi connectivity index (χ1v) is 7.13. The molecule has 0 fully saturated rings. The zero-order chi connectivity index (χ0) is 14.8. The van der Waals surface area contributed by atoms with Crippen molar-refractivity contribution in [3.8, 4) is 0 Å². The molecule has 1 aromatic rings. The summed E-state index contributed by atoms with van der Waals surface area (Å²) in [7, 11) is 3.46. The number of aromatic nitrogens is 1. The Morgan fingerprint density at radius 2 is 2.10 bits per heavy atom. The first kappa shape index (κ1) is 16.9. The van der Waals surface area contributed by atoms with Crippen molar-refractivity contribution in [3.63, 3.8) is 0 Å². The van der Waals surface area contributed by atoms with E-state index in [1.165, 1.54) is 0 Å². The quantitative estimate of drug-likeness (QED) is 0.711. The summed E-state index contributed by atoms with van der Waals surface area (Å²) in [6.07, 6.45) is 0. The van der Waals surface area contributed by atoms with Gasteiger partial charge in [-0.25, -0.2) is 4.98 Å². The fourth-order valence-corrected chi connectivity index (χ4v) is 2.07. The second kappa shape index (κ2) is 9.69. The number of nitrogens with one attached hydrogen (secondary N) is 1. The van der Waals surface area contributed by atoms with E-state index < -0.39 is 0 Å². The van der Waals surface area contributed by atoms with Crippen molar-refractivity contribution in [2.75, 3.05) is 45.8 Å². The molecule has 0 aliphatic rings. The van der Waals surface area contributed by atoms with Crippen LogP contribution in [0.2, 0.25) is 0 Å². The van der Waals surface area contributed by atoms with Crippen molar-refractivity contribution in [3.05, 3.63) is 23.9 Å². The topological polar surface area (TPSA) is 46.6 Å². The lowest BCUT2D eigenvalue weighted by atomic mass is 10.2. The van der Waals surface area contributed by atoms with Crippen LogP contribution in [-0.4, -0.2) is 56.4 Å². The highest BCUT2D eigenvalue weighted by Crippen LogP contribution is 2.10. The monoisotopic (exact) mass is 281 g/mol. The van der Waals surface area contributed by atoms with Gasteiger partial charge in [-0.1, -0.05) is 6.07 Å². The second-order valence-electron chi connectivity index (χ2n) is 4.81. The Bertz CT molecular complexity index is 374. The van der Waals surface area contributed by atoms with Crippen LogP contribution < -0.4 is 5.32 Å². The average molecular weight is 281 g/mol. The molecule has 1 heterocycles. The Hall–Kier alpha value is -1.17. The maximum Gasteiger partial charge on any atom is 0.126 e. The van der Waals surface area contributed by atoms with Crippen LogP contribution in [0.1, 0.15) is 19.5 Å². The average Bonchev–Trinajstić information content (AvgIpc) is 2.44. The summed E-state index contributed by atoms with van der Waals surface area (Å²) in [4.78, 5) is 6.94. The van der Waals surface area contributed by atoms with E-state index >= 15 is 0 Å². The van der Waals surface area contributed by atoms with Crippen molar-refractivity contribution in [2.45, 2.75) is 26.4 Å². The van der Waals surface area contributed by atoms with Crippen molar-refractivity contribution in [2.24, 2.45) is 0 Å². The first-order valence-electron chi connectivity index (χ1n) is 7.13. The van der Waals surface area contributed by atoms with Crippen LogP contribution in [0.4, 0.5) is 5.82 Å². The molecule has 0 radical (unpaired) electrons. The van der Waals surface area contributed by atoms with E-state index in [-0.39, 0.29) is 0 Å². The molecule has 0 aromatic carbocycles. The summed E-state index contributed by atoms with van der Waals surface area (Å²) in [6.45, 7) is 8.19. The molecule has 114 valence electrons. The van der Waals surface area contributed by atoms with Crippen LogP contribution >= 0.6 is 0 Å². The highest BCUT2D eigenvalue weighted by Gasteiger charge is 2.14. The minimum atomic E-state index is 0.333. The van der Waals surface area contributed by atoms with E-state index in [4.69, 9.17) is 9.47 Å². The minimum absolute atomic E-state index is 0.333. The zero-order valence-corrected chi connectivity index (χ0v) is 13.1. The maximum absolute atomic E-state index is 5.25. The molecule has 1 atom stereocenters. The largest absolute Gasteiger partial charge is 0.383 e. The van der Waals surface area contributed by atoms with Gasteiger partial charge in [-0.3, -0.25) is 4.90 Å². The number of hydrogen-bond donors (Lipinski definition) is 1. The summed E-state index contributed by atoms with van der Waals surface area (Å²) in [5, 5.41) is 3.24. The van der Waals surface area contributed by atoms with Gasteiger partial charge < -0.3 is 14.8 Å². The van der Waals surface area contributed by atoms with Gasteiger partial charge in [0.25, 0.3) is 0 Å². The molecule has 0 bridgehead atoms. The number of nitrogens with zero attached hydrogens (tertiary/aromatic N) is 2. The maximum atomic E-state index is 5.25. The van der Waals surface area contributed by atoms with Crippen LogP contribution in [0.5, 0.6) is 0 Å². The van der Waals surface area contributed by atoms with E-state index in [1.54, 1.807) is 14.2 Å². The molecule has 0 amide bonds. The van der Waals surface area contributed by atoms with Crippen molar-refractivity contribution < 1.29 is 9.47 Å². The van der Waals surface area contributed by atoms with E-state index in [0.717, 1.165) is 31.1 Å². The van der Waals surface area contributed by atoms with Gasteiger partial charge in [0.2, 0.25) is 0 Å². The van der Waals surface area contributed by atoms with Crippen LogP contribution in [0.3, 0.4) is 0 Å².